The van der Waals surface area contributed by atoms with Gasteiger partial charge in [0.05, 0.1) is 6.61 Å². The van der Waals surface area contributed by atoms with Crippen LogP contribution in [0.1, 0.15) is 19.3 Å². The summed E-state index contributed by atoms with van der Waals surface area (Å²) in [5, 5.41) is -0.142. The van der Waals surface area contributed by atoms with Gasteiger partial charge in [-0.2, -0.15) is 0 Å². The Hall–Kier alpha value is -0.440. The lowest BCUT2D eigenvalue weighted by molar-refractivity contribution is 0.173. The zero-order valence-electron chi connectivity index (χ0n) is 6.41. The number of rotatable bonds is 0. The Kier molecular flexibility index (Phi) is 4.12. The first-order valence-electron chi connectivity index (χ1n) is 3.84. The maximum Gasteiger partial charge on any atom is 0.367 e. The molecule has 1 aliphatic heterocycles. The Bertz CT molecular complexity index is 154. The summed E-state index contributed by atoms with van der Waals surface area (Å²) in [6.07, 6.45) is 7.37. The van der Waals surface area contributed by atoms with Crippen molar-refractivity contribution in [2.45, 2.75) is 19.3 Å². The maximum atomic E-state index is 10.8. The second kappa shape index (κ2) is 5.24. The zero-order chi connectivity index (χ0) is 7.94. The molecule has 0 N–H and O–H groups in total. The van der Waals surface area contributed by atoms with Crippen LogP contribution in [0.4, 0.5) is 4.79 Å². The quantitative estimate of drug-likeness (QED) is 0.415. The second-order valence-electron chi connectivity index (χ2n) is 2.38. The van der Waals surface area contributed by atoms with E-state index in [9.17, 15) is 4.79 Å². The van der Waals surface area contributed by atoms with Crippen LogP contribution in [0.2, 0.25) is 0 Å². The van der Waals surface area contributed by atoms with Crippen molar-refractivity contribution in [3.8, 4) is 0 Å². The lowest BCUT2D eigenvalue weighted by Gasteiger charge is -2.03. The average Bonchev–Trinajstić information content (AvgIpc) is 2.03. The van der Waals surface area contributed by atoms with Crippen molar-refractivity contribution in [2.24, 2.45) is 0 Å². The minimum Gasteiger partial charge on any atom is -0.458 e. The van der Waals surface area contributed by atoms with Crippen molar-refractivity contribution >= 4 is 17.1 Å². The highest BCUT2D eigenvalue weighted by molar-refractivity contribution is 8.13. The van der Waals surface area contributed by atoms with Gasteiger partial charge in [0.2, 0.25) is 0 Å². The standard InChI is InChI=1S/C8H12O2S/c9-8-10-6-4-2-1-3-5-7-11-8/h3,5H,1-2,4,6-7H2/b5-3-. The van der Waals surface area contributed by atoms with Gasteiger partial charge >= 0.3 is 5.30 Å². The minimum absolute atomic E-state index is 0.142. The summed E-state index contributed by atoms with van der Waals surface area (Å²) >= 11 is 1.23. The molecule has 0 spiro atoms. The van der Waals surface area contributed by atoms with Gasteiger partial charge in [-0.1, -0.05) is 12.2 Å². The smallest absolute Gasteiger partial charge is 0.367 e. The summed E-state index contributed by atoms with van der Waals surface area (Å²) in [6, 6.07) is 0. The van der Waals surface area contributed by atoms with E-state index in [1.54, 1.807) is 0 Å². The van der Waals surface area contributed by atoms with Crippen molar-refractivity contribution in [1.82, 2.24) is 0 Å². The van der Waals surface area contributed by atoms with Gasteiger partial charge in [0, 0.05) is 5.75 Å². The number of ether oxygens (including phenoxy) is 1. The molecule has 0 aliphatic carbocycles. The van der Waals surface area contributed by atoms with Crippen LogP contribution in [-0.2, 0) is 4.74 Å². The molecule has 2 nitrogen and oxygen atoms in total. The summed E-state index contributed by atoms with van der Waals surface area (Å²) in [6.45, 7) is 0.583. The molecule has 62 valence electrons. The second-order valence-corrected chi connectivity index (χ2v) is 3.33. The predicted octanol–water partition coefficient (Wildman–Crippen LogP) is 2.60. The molecule has 0 bridgehead atoms. The largest absolute Gasteiger partial charge is 0.458 e. The first kappa shape index (κ1) is 8.65. The van der Waals surface area contributed by atoms with Gasteiger partial charge < -0.3 is 4.74 Å². The lowest BCUT2D eigenvalue weighted by atomic mass is 10.2. The molecule has 0 radical (unpaired) electrons. The van der Waals surface area contributed by atoms with E-state index in [2.05, 4.69) is 6.08 Å². The molecule has 11 heavy (non-hydrogen) atoms. The fraction of sp³-hybridized carbons (Fsp3) is 0.625. The van der Waals surface area contributed by atoms with E-state index < -0.39 is 0 Å². The summed E-state index contributed by atoms with van der Waals surface area (Å²) in [5.74, 6) is 0.749. The molecule has 1 rings (SSSR count). The fourth-order valence-electron chi connectivity index (χ4n) is 0.863. The molecule has 0 aromatic rings. The molecule has 1 heterocycles. The van der Waals surface area contributed by atoms with Crippen LogP contribution in [0.5, 0.6) is 0 Å². The molecule has 0 unspecified atom stereocenters. The SMILES string of the molecule is O=C1OCCCC/C=C\CS1. The molecule has 0 aromatic heterocycles. The Labute approximate surface area is 71.0 Å². The molecule has 0 amide bonds. The normalized spacial score (nSPS) is 23.8. The Morgan fingerprint density at radius 1 is 1.36 bits per heavy atom. The number of cyclic esters (lactones) is 1. The molecule has 0 saturated carbocycles. The van der Waals surface area contributed by atoms with Gasteiger partial charge in [-0.05, 0) is 31.0 Å². The minimum atomic E-state index is -0.142. The third-order valence-corrected chi connectivity index (χ3v) is 2.16. The van der Waals surface area contributed by atoms with Crippen molar-refractivity contribution in [1.29, 1.82) is 0 Å². The highest BCUT2D eigenvalue weighted by Crippen LogP contribution is 2.09. The number of hydrogen-bond acceptors (Lipinski definition) is 3. The van der Waals surface area contributed by atoms with Crippen molar-refractivity contribution < 1.29 is 9.53 Å². The third-order valence-electron chi connectivity index (χ3n) is 1.45. The Morgan fingerprint density at radius 3 is 3.18 bits per heavy atom. The Morgan fingerprint density at radius 2 is 2.27 bits per heavy atom. The number of carbonyl (C=O) groups excluding carboxylic acids is 1. The summed E-state index contributed by atoms with van der Waals surface area (Å²) in [4.78, 5) is 10.8. The van der Waals surface area contributed by atoms with E-state index in [0.717, 1.165) is 25.0 Å². The van der Waals surface area contributed by atoms with Gasteiger partial charge in [0.1, 0.15) is 0 Å². The van der Waals surface area contributed by atoms with E-state index in [1.807, 2.05) is 6.08 Å². The molecule has 0 saturated heterocycles. The van der Waals surface area contributed by atoms with Crippen molar-refractivity contribution in [3.05, 3.63) is 12.2 Å². The summed E-state index contributed by atoms with van der Waals surface area (Å²) in [7, 11) is 0. The maximum absolute atomic E-state index is 10.8. The number of carbonyl (C=O) groups is 1. The van der Waals surface area contributed by atoms with Crippen LogP contribution in [0.15, 0.2) is 12.2 Å². The van der Waals surface area contributed by atoms with E-state index in [0.29, 0.717) is 6.61 Å². The monoisotopic (exact) mass is 172 g/mol. The van der Waals surface area contributed by atoms with E-state index in [-0.39, 0.29) is 5.30 Å². The van der Waals surface area contributed by atoms with Gasteiger partial charge in [-0.3, -0.25) is 0 Å². The van der Waals surface area contributed by atoms with Gasteiger partial charge in [0.15, 0.2) is 0 Å². The van der Waals surface area contributed by atoms with Crippen LogP contribution < -0.4 is 0 Å². The molecule has 0 fully saturated rings. The average molecular weight is 172 g/mol. The first-order valence-corrected chi connectivity index (χ1v) is 4.83. The van der Waals surface area contributed by atoms with Crippen LogP contribution >= 0.6 is 11.8 Å². The van der Waals surface area contributed by atoms with Crippen LogP contribution in [0, 0.1) is 0 Å². The third kappa shape index (κ3) is 4.09. The molecule has 0 atom stereocenters. The fourth-order valence-corrected chi connectivity index (χ4v) is 1.40. The van der Waals surface area contributed by atoms with Gasteiger partial charge in [0.25, 0.3) is 0 Å². The van der Waals surface area contributed by atoms with Crippen molar-refractivity contribution in [3.63, 3.8) is 0 Å². The Balaban J connectivity index is 2.29. The highest BCUT2D eigenvalue weighted by Gasteiger charge is 2.01. The zero-order valence-corrected chi connectivity index (χ0v) is 7.23. The number of thioether (sulfide) groups is 1. The number of allylic oxidation sites excluding steroid dienone is 1. The van der Waals surface area contributed by atoms with E-state index >= 15 is 0 Å². The van der Waals surface area contributed by atoms with E-state index in [1.165, 1.54) is 11.8 Å². The van der Waals surface area contributed by atoms with E-state index in [4.69, 9.17) is 4.74 Å². The highest BCUT2D eigenvalue weighted by atomic mass is 32.2. The molecular weight excluding hydrogens is 160 g/mol. The summed E-state index contributed by atoms with van der Waals surface area (Å²) in [5.41, 5.74) is 0. The van der Waals surface area contributed by atoms with Gasteiger partial charge in [-0.25, -0.2) is 4.79 Å². The summed E-state index contributed by atoms with van der Waals surface area (Å²) < 4.78 is 4.91. The van der Waals surface area contributed by atoms with Crippen molar-refractivity contribution in [2.75, 3.05) is 12.4 Å². The molecule has 0 aromatic carbocycles. The molecule has 1 aliphatic rings. The van der Waals surface area contributed by atoms with Crippen LogP contribution in [-0.4, -0.2) is 17.7 Å². The van der Waals surface area contributed by atoms with Gasteiger partial charge in [-0.15, -0.1) is 0 Å². The molecule has 3 heteroatoms. The number of hydrogen-bond donors (Lipinski definition) is 0. The van der Waals surface area contributed by atoms with Crippen LogP contribution in [0.25, 0.3) is 0 Å². The lowest BCUT2D eigenvalue weighted by Crippen LogP contribution is -2.00. The van der Waals surface area contributed by atoms with Crippen LogP contribution in [0.3, 0.4) is 0 Å². The topological polar surface area (TPSA) is 26.3 Å². The first-order chi connectivity index (χ1) is 5.39. The molecular formula is C8H12O2S. The predicted molar refractivity (Wildman–Crippen MR) is 46.8 cm³/mol.